The molecule has 0 bridgehead atoms. The molecule has 0 aliphatic heterocycles. The highest BCUT2D eigenvalue weighted by molar-refractivity contribution is 5.78. The first-order valence-electron chi connectivity index (χ1n) is 6.90. The molecule has 3 N–H and O–H groups in total. The van der Waals surface area contributed by atoms with Crippen LogP contribution in [-0.2, 0) is 9.59 Å². The van der Waals surface area contributed by atoms with E-state index in [0.29, 0.717) is 19.0 Å². The van der Waals surface area contributed by atoms with E-state index in [4.69, 9.17) is 5.11 Å². The Kier molecular flexibility index (Phi) is 7.41. The summed E-state index contributed by atoms with van der Waals surface area (Å²) in [6.07, 6.45) is 7.85. The van der Waals surface area contributed by atoms with Gasteiger partial charge in [0.25, 0.3) is 0 Å². The largest absolute Gasteiger partial charge is 0.481 e. The van der Waals surface area contributed by atoms with Gasteiger partial charge in [0.05, 0.1) is 6.54 Å². The maximum atomic E-state index is 11.6. The summed E-state index contributed by atoms with van der Waals surface area (Å²) in [6, 6.07) is 0.334. The minimum atomic E-state index is -0.792. The lowest BCUT2D eigenvalue weighted by Gasteiger charge is -2.16. The minimum absolute atomic E-state index is 0.0252. The van der Waals surface area contributed by atoms with Crippen LogP contribution in [0.5, 0.6) is 0 Å². The molecule has 5 heteroatoms. The van der Waals surface area contributed by atoms with Crippen LogP contribution in [0.15, 0.2) is 0 Å². The summed E-state index contributed by atoms with van der Waals surface area (Å²) in [5.41, 5.74) is 0. The second-order valence-electron chi connectivity index (χ2n) is 4.93. The predicted octanol–water partition coefficient (Wildman–Crippen LogP) is 1.28. The number of hydrogen-bond donors (Lipinski definition) is 3. The number of aliphatic carboxylic acids is 1. The van der Waals surface area contributed by atoms with E-state index < -0.39 is 5.97 Å². The molecule has 0 atom stereocenters. The van der Waals surface area contributed by atoms with E-state index in [0.717, 1.165) is 12.8 Å². The van der Waals surface area contributed by atoms with Crippen LogP contribution >= 0.6 is 0 Å². The monoisotopic (exact) mass is 256 g/mol. The van der Waals surface area contributed by atoms with Crippen molar-refractivity contribution in [2.24, 2.45) is 0 Å². The molecule has 0 unspecified atom stereocenters. The minimum Gasteiger partial charge on any atom is -0.481 e. The van der Waals surface area contributed by atoms with Gasteiger partial charge in [-0.25, -0.2) is 0 Å². The number of nitrogens with one attached hydrogen (secondary N) is 2. The fraction of sp³-hybridized carbons (Fsp3) is 0.846. The Morgan fingerprint density at radius 3 is 2.39 bits per heavy atom. The molecular formula is C13H24N2O3. The third-order valence-corrected chi connectivity index (χ3v) is 3.25. The SMILES string of the molecule is O=C(O)CCCNCC(=O)NC1CCCCCC1. The Balaban J connectivity index is 2.03. The van der Waals surface area contributed by atoms with Crippen LogP contribution in [0.3, 0.4) is 0 Å². The third kappa shape index (κ3) is 7.27. The summed E-state index contributed by atoms with van der Waals surface area (Å²) in [5.74, 6) is -0.767. The molecule has 1 aliphatic rings. The van der Waals surface area contributed by atoms with Crippen LogP contribution < -0.4 is 10.6 Å². The van der Waals surface area contributed by atoms with Gasteiger partial charge in [-0.05, 0) is 25.8 Å². The molecule has 5 nitrogen and oxygen atoms in total. The van der Waals surface area contributed by atoms with Crippen LogP contribution in [0.4, 0.5) is 0 Å². The molecule has 1 rings (SSSR count). The first kappa shape index (κ1) is 15.0. The lowest BCUT2D eigenvalue weighted by atomic mass is 10.1. The summed E-state index contributed by atoms with van der Waals surface area (Å²) in [4.78, 5) is 21.9. The van der Waals surface area contributed by atoms with E-state index in [1.54, 1.807) is 0 Å². The molecular weight excluding hydrogens is 232 g/mol. The average Bonchev–Trinajstić information content (AvgIpc) is 2.56. The van der Waals surface area contributed by atoms with Crippen molar-refractivity contribution < 1.29 is 14.7 Å². The summed E-state index contributed by atoms with van der Waals surface area (Å²) in [7, 11) is 0. The van der Waals surface area contributed by atoms with Crippen molar-refractivity contribution in [1.29, 1.82) is 0 Å². The number of amides is 1. The zero-order valence-electron chi connectivity index (χ0n) is 10.9. The van der Waals surface area contributed by atoms with Gasteiger partial charge in [0.1, 0.15) is 0 Å². The predicted molar refractivity (Wildman–Crippen MR) is 69.4 cm³/mol. The van der Waals surface area contributed by atoms with Gasteiger partial charge < -0.3 is 15.7 Å². The highest BCUT2D eigenvalue weighted by Gasteiger charge is 2.14. The summed E-state index contributed by atoms with van der Waals surface area (Å²) < 4.78 is 0. The molecule has 0 heterocycles. The Morgan fingerprint density at radius 1 is 1.11 bits per heavy atom. The Labute approximate surface area is 108 Å². The lowest BCUT2D eigenvalue weighted by molar-refractivity contribution is -0.137. The molecule has 104 valence electrons. The third-order valence-electron chi connectivity index (χ3n) is 3.25. The van der Waals surface area contributed by atoms with Crippen molar-refractivity contribution in [3.63, 3.8) is 0 Å². The standard InChI is InChI=1S/C13H24N2O3/c16-12(10-14-9-5-8-13(17)18)15-11-6-3-1-2-4-7-11/h11,14H,1-10H2,(H,15,16)(H,17,18). The van der Waals surface area contributed by atoms with Gasteiger partial charge in [-0.3, -0.25) is 9.59 Å². The van der Waals surface area contributed by atoms with Gasteiger partial charge >= 0.3 is 5.97 Å². The maximum Gasteiger partial charge on any atom is 0.303 e. The van der Waals surface area contributed by atoms with Gasteiger partial charge in [0.2, 0.25) is 5.91 Å². The maximum absolute atomic E-state index is 11.6. The highest BCUT2D eigenvalue weighted by Crippen LogP contribution is 2.16. The number of carbonyl (C=O) groups is 2. The first-order chi connectivity index (χ1) is 8.68. The topological polar surface area (TPSA) is 78.4 Å². The molecule has 1 aliphatic carbocycles. The van der Waals surface area contributed by atoms with E-state index in [1.165, 1.54) is 25.7 Å². The Hall–Kier alpha value is -1.10. The van der Waals surface area contributed by atoms with Gasteiger partial charge in [0.15, 0.2) is 0 Å². The van der Waals surface area contributed by atoms with Crippen molar-refractivity contribution >= 4 is 11.9 Å². The molecule has 0 aromatic heterocycles. The van der Waals surface area contributed by atoms with Gasteiger partial charge in [-0.2, -0.15) is 0 Å². The van der Waals surface area contributed by atoms with Crippen molar-refractivity contribution in [3.05, 3.63) is 0 Å². The number of hydrogen-bond acceptors (Lipinski definition) is 3. The molecule has 0 aromatic carbocycles. The Morgan fingerprint density at radius 2 is 1.78 bits per heavy atom. The highest BCUT2D eigenvalue weighted by atomic mass is 16.4. The fourth-order valence-electron chi connectivity index (χ4n) is 2.27. The zero-order valence-corrected chi connectivity index (χ0v) is 10.9. The van der Waals surface area contributed by atoms with E-state index in [9.17, 15) is 9.59 Å². The first-order valence-corrected chi connectivity index (χ1v) is 6.90. The van der Waals surface area contributed by atoms with E-state index in [2.05, 4.69) is 10.6 Å². The number of carbonyl (C=O) groups excluding carboxylic acids is 1. The van der Waals surface area contributed by atoms with E-state index >= 15 is 0 Å². The molecule has 0 saturated heterocycles. The van der Waals surface area contributed by atoms with Crippen LogP contribution in [0.2, 0.25) is 0 Å². The Bertz CT molecular complexity index is 261. The molecule has 0 radical (unpaired) electrons. The number of carboxylic acids is 1. The second-order valence-corrected chi connectivity index (χ2v) is 4.93. The second kappa shape index (κ2) is 8.91. The van der Waals surface area contributed by atoms with Crippen molar-refractivity contribution in [2.75, 3.05) is 13.1 Å². The number of carboxylic acid groups (broad SMARTS) is 1. The molecule has 1 amide bonds. The summed E-state index contributed by atoms with van der Waals surface area (Å²) in [6.45, 7) is 0.862. The molecule has 1 saturated carbocycles. The van der Waals surface area contributed by atoms with Crippen molar-refractivity contribution in [3.8, 4) is 0 Å². The quantitative estimate of drug-likeness (QED) is 0.473. The summed E-state index contributed by atoms with van der Waals surface area (Å²) >= 11 is 0. The van der Waals surface area contributed by atoms with Crippen LogP contribution in [0.1, 0.15) is 51.4 Å². The normalized spacial score (nSPS) is 17.1. The molecule has 0 spiro atoms. The molecule has 18 heavy (non-hydrogen) atoms. The molecule has 1 fully saturated rings. The van der Waals surface area contributed by atoms with E-state index in [-0.39, 0.29) is 18.9 Å². The van der Waals surface area contributed by atoms with Gasteiger partial charge in [0, 0.05) is 12.5 Å². The lowest BCUT2D eigenvalue weighted by Crippen LogP contribution is -2.40. The van der Waals surface area contributed by atoms with Gasteiger partial charge in [-0.1, -0.05) is 25.7 Å². The summed E-state index contributed by atoms with van der Waals surface area (Å²) in [5, 5.41) is 14.5. The smallest absolute Gasteiger partial charge is 0.303 e. The van der Waals surface area contributed by atoms with Crippen LogP contribution in [0, 0.1) is 0 Å². The van der Waals surface area contributed by atoms with E-state index in [1.807, 2.05) is 0 Å². The van der Waals surface area contributed by atoms with Crippen molar-refractivity contribution in [2.45, 2.75) is 57.4 Å². The molecule has 0 aromatic rings. The van der Waals surface area contributed by atoms with Crippen LogP contribution in [0.25, 0.3) is 0 Å². The zero-order chi connectivity index (χ0) is 13.2. The van der Waals surface area contributed by atoms with Crippen LogP contribution in [-0.4, -0.2) is 36.1 Å². The number of rotatable bonds is 7. The fourth-order valence-corrected chi connectivity index (χ4v) is 2.27. The average molecular weight is 256 g/mol. The van der Waals surface area contributed by atoms with Crippen molar-refractivity contribution in [1.82, 2.24) is 10.6 Å². The van der Waals surface area contributed by atoms with Gasteiger partial charge in [-0.15, -0.1) is 0 Å².